The van der Waals surface area contributed by atoms with Crippen LogP contribution in [0.1, 0.15) is 16.1 Å². The maximum Gasteiger partial charge on any atom is 0.231 e. The average molecular weight is 165 g/mol. The summed E-state index contributed by atoms with van der Waals surface area (Å²) in [6.45, 7) is 2.03. The first kappa shape index (κ1) is 7.09. The van der Waals surface area contributed by atoms with Crippen molar-refractivity contribution in [3.8, 4) is 11.5 Å². The van der Waals surface area contributed by atoms with Crippen LogP contribution in [0.2, 0.25) is 0 Å². The van der Waals surface area contributed by atoms with E-state index in [1.54, 1.807) is 6.20 Å². The molecule has 0 bridgehead atoms. The lowest BCUT2D eigenvalue weighted by atomic mass is 10.2. The molecule has 12 heavy (non-hydrogen) atoms. The Morgan fingerprint density at radius 2 is 2.25 bits per heavy atom. The number of carbonyl (C=O) groups excluding carboxylic acids is 1. The van der Waals surface area contributed by atoms with E-state index in [-0.39, 0.29) is 6.79 Å². The summed E-state index contributed by atoms with van der Waals surface area (Å²) in [7, 11) is 0. The van der Waals surface area contributed by atoms with Gasteiger partial charge < -0.3 is 9.47 Å². The Hall–Kier alpha value is -1.58. The normalized spacial score (nSPS) is 13.1. The van der Waals surface area contributed by atoms with Crippen molar-refractivity contribution in [2.45, 2.75) is 6.92 Å². The van der Waals surface area contributed by atoms with Crippen LogP contribution in [0.4, 0.5) is 0 Å². The molecule has 0 atom stereocenters. The van der Waals surface area contributed by atoms with Crippen molar-refractivity contribution >= 4 is 6.29 Å². The minimum Gasteiger partial charge on any atom is -0.453 e. The van der Waals surface area contributed by atoms with Crippen LogP contribution in [0.5, 0.6) is 11.5 Å². The van der Waals surface area contributed by atoms with E-state index in [1.165, 1.54) is 0 Å². The lowest BCUT2D eigenvalue weighted by molar-refractivity contribution is 0.111. The lowest BCUT2D eigenvalue weighted by Crippen LogP contribution is -1.94. The number of hydrogen-bond donors (Lipinski definition) is 0. The van der Waals surface area contributed by atoms with E-state index in [0.29, 0.717) is 23.5 Å². The molecule has 0 radical (unpaired) electrons. The number of rotatable bonds is 1. The van der Waals surface area contributed by atoms with Gasteiger partial charge in [-0.05, 0) is 6.92 Å². The topological polar surface area (TPSA) is 48.4 Å². The maximum absolute atomic E-state index is 10.5. The van der Waals surface area contributed by atoms with Crippen LogP contribution < -0.4 is 9.47 Å². The zero-order valence-corrected chi connectivity index (χ0v) is 6.53. The highest BCUT2D eigenvalue weighted by Gasteiger charge is 2.20. The molecule has 0 saturated carbocycles. The molecular formula is C8H7NO3. The molecule has 2 heterocycles. The molecule has 0 spiro atoms. The Kier molecular flexibility index (Phi) is 1.46. The van der Waals surface area contributed by atoms with E-state index >= 15 is 0 Å². The molecule has 1 aliphatic rings. The molecule has 0 N–H and O–H groups in total. The molecule has 0 amide bonds. The second kappa shape index (κ2) is 2.48. The van der Waals surface area contributed by atoms with Crippen molar-refractivity contribution in [3.05, 3.63) is 17.5 Å². The van der Waals surface area contributed by atoms with E-state index < -0.39 is 0 Å². The predicted octanol–water partition coefficient (Wildman–Crippen LogP) is 0.931. The largest absolute Gasteiger partial charge is 0.453 e. The minimum absolute atomic E-state index is 0.169. The zero-order chi connectivity index (χ0) is 8.55. The number of pyridine rings is 1. The van der Waals surface area contributed by atoms with Crippen molar-refractivity contribution in [1.82, 2.24) is 4.98 Å². The molecule has 1 aliphatic heterocycles. The Bertz CT molecular complexity index is 335. The van der Waals surface area contributed by atoms with Crippen LogP contribution in [-0.2, 0) is 0 Å². The molecule has 0 aliphatic carbocycles. The standard InChI is InChI=1S/C8H7NO3/c1-5-2-9-6(3-10)8-7(5)11-4-12-8/h2-3H,4H2,1H3. The van der Waals surface area contributed by atoms with Gasteiger partial charge in [-0.2, -0.15) is 0 Å². The fourth-order valence-corrected chi connectivity index (χ4v) is 1.13. The predicted molar refractivity (Wildman–Crippen MR) is 40.5 cm³/mol. The number of aromatic nitrogens is 1. The molecule has 0 aromatic carbocycles. The third-order valence-electron chi connectivity index (χ3n) is 1.71. The summed E-state index contributed by atoms with van der Waals surface area (Å²) in [5, 5.41) is 0. The molecule has 4 nitrogen and oxygen atoms in total. The van der Waals surface area contributed by atoms with Gasteiger partial charge in [0.25, 0.3) is 0 Å². The Morgan fingerprint density at radius 1 is 1.50 bits per heavy atom. The number of hydrogen-bond acceptors (Lipinski definition) is 4. The number of ether oxygens (including phenoxy) is 2. The average Bonchev–Trinajstić information content (AvgIpc) is 2.54. The van der Waals surface area contributed by atoms with Crippen molar-refractivity contribution in [1.29, 1.82) is 0 Å². The Labute approximate surface area is 69.1 Å². The highest BCUT2D eigenvalue weighted by atomic mass is 16.7. The third-order valence-corrected chi connectivity index (χ3v) is 1.71. The molecule has 4 heteroatoms. The van der Waals surface area contributed by atoms with Crippen molar-refractivity contribution < 1.29 is 14.3 Å². The van der Waals surface area contributed by atoms with Crippen LogP contribution >= 0.6 is 0 Å². The van der Waals surface area contributed by atoms with E-state index in [0.717, 1.165) is 5.56 Å². The van der Waals surface area contributed by atoms with Crippen molar-refractivity contribution in [3.63, 3.8) is 0 Å². The summed E-state index contributed by atoms with van der Waals surface area (Å²) in [6.07, 6.45) is 2.25. The molecule has 1 aromatic rings. The highest BCUT2D eigenvalue weighted by molar-refractivity contribution is 5.79. The van der Waals surface area contributed by atoms with Crippen LogP contribution in [0, 0.1) is 6.92 Å². The SMILES string of the molecule is Cc1cnc(C=O)c2c1OCO2. The Morgan fingerprint density at radius 3 is 3.00 bits per heavy atom. The summed E-state index contributed by atoms with van der Waals surface area (Å²) in [4.78, 5) is 14.4. The van der Waals surface area contributed by atoms with Gasteiger partial charge in [-0.3, -0.25) is 4.79 Å². The second-order valence-electron chi connectivity index (χ2n) is 2.51. The number of nitrogens with zero attached hydrogens (tertiary/aromatic N) is 1. The first-order valence-electron chi connectivity index (χ1n) is 3.53. The maximum atomic E-state index is 10.5. The van der Waals surface area contributed by atoms with Gasteiger partial charge in [-0.15, -0.1) is 0 Å². The highest BCUT2D eigenvalue weighted by Crippen LogP contribution is 2.36. The molecule has 1 aromatic heterocycles. The fourth-order valence-electron chi connectivity index (χ4n) is 1.13. The van der Waals surface area contributed by atoms with Crippen LogP contribution in [0.15, 0.2) is 6.20 Å². The number of aryl methyl sites for hydroxylation is 1. The summed E-state index contributed by atoms with van der Waals surface area (Å²) >= 11 is 0. The van der Waals surface area contributed by atoms with Crippen LogP contribution in [0.25, 0.3) is 0 Å². The lowest BCUT2D eigenvalue weighted by Gasteiger charge is -2.00. The summed E-state index contributed by atoms with van der Waals surface area (Å²) in [5.41, 5.74) is 1.18. The van der Waals surface area contributed by atoms with Gasteiger partial charge in [0.05, 0.1) is 0 Å². The molecule has 0 unspecified atom stereocenters. The second-order valence-corrected chi connectivity index (χ2v) is 2.51. The van der Waals surface area contributed by atoms with Crippen LogP contribution in [-0.4, -0.2) is 18.1 Å². The van der Waals surface area contributed by atoms with Gasteiger partial charge >= 0.3 is 0 Å². The summed E-state index contributed by atoms with van der Waals surface area (Å²) < 4.78 is 10.2. The summed E-state index contributed by atoms with van der Waals surface area (Å²) in [6, 6.07) is 0. The molecular weight excluding hydrogens is 158 g/mol. The minimum atomic E-state index is 0.169. The first-order chi connectivity index (χ1) is 5.83. The van der Waals surface area contributed by atoms with E-state index in [2.05, 4.69) is 4.98 Å². The zero-order valence-electron chi connectivity index (χ0n) is 6.53. The van der Waals surface area contributed by atoms with Gasteiger partial charge in [0.1, 0.15) is 5.69 Å². The van der Waals surface area contributed by atoms with Gasteiger partial charge in [0.15, 0.2) is 17.8 Å². The van der Waals surface area contributed by atoms with E-state index in [1.807, 2.05) is 6.92 Å². The molecule has 0 fully saturated rings. The molecule has 0 saturated heterocycles. The van der Waals surface area contributed by atoms with Gasteiger partial charge in [0.2, 0.25) is 6.79 Å². The van der Waals surface area contributed by atoms with Crippen LogP contribution in [0.3, 0.4) is 0 Å². The summed E-state index contributed by atoms with van der Waals surface area (Å²) in [5.74, 6) is 1.09. The number of carbonyl (C=O) groups is 1. The number of aldehydes is 1. The quantitative estimate of drug-likeness (QED) is 0.581. The molecule has 2 rings (SSSR count). The number of fused-ring (bicyclic) bond motifs is 1. The molecule has 62 valence electrons. The van der Waals surface area contributed by atoms with E-state index in [9.17, 15) is 4.79 Å². The van der Waals surface area contributed by atoms with Gasteiger partial charge in [-0.1, -0.05) is 0 Å². The van der Waals surface area contributed by atoms with E-state index in [4.69, 9.17) is 9.47 Å². The monoisotopic (exact) mass is 165 g/mol. The third kappa shape index (κ3) is 0.845. The smallest absolute Gasteiger partial charge is 0.231 e. The Balaban J connectivity index is 2.64. The fraction of sp³-hybridized carbons (Fsp3) is 0.250. The van der Waals surface area contributed by atoms with Gasteiger partial charge in [-0.25, -0.2) is 4.98 Å². The van der Waals surface area contributed by atoms with Crippen molar-refractivity contribution in [2.75, 3.05) is 6.79 Å². The first-order valence-corrected chi connectivity index (χ1v) is 3.53. The van der Waals surface area contributed by atoms with Gasteiger partial charge in [0, 0.05) is 11.8 Å². The van der Waals surface area contributed by atoms with Crippen molar-refractivity contribution in [2.24, 2.45) is 0 Å².